The minimum absolute atomic E-state index is 0.0723. The number of hydrogen-bond acceptors (Lipinski definition) is 9. The largest absolute Gasteiger partial charge is 0.453 e. The van der Waals surface area contributed by atoms with Crippen LogP contribution in [0.3, 0.4) is 0 Å². The Morgan fingerprint density at radius 3 is 2.59 bits per heavy atom. The number of oxazole rings is 1. The summed E-state index contributed by atoms with van der Waals surface area (Å²) in [5.41, 5.74) is -0.558. The number of benzene rings is 1. The highest BCUT2D eigenvalue weighted by atomic mass is 35.5. The van der Waals surface area contributed by atoms with Crippen LogP contribution in [0, 0.1) is 5.82 Å². The van der Waals surface area contributed by atoms with Gasteiger partial charge in [-0.1, -0.05) is 32.4 Å². The molecule has 0 spiro atoms. The molecule has 3 aromatic rings. The Morgan fingerprint density at radius 1 is 1.27 bits per heavy atom. The first-order chi connectivity index (χ1) is 17.2. The number of anilines is 2. The summed E-state index contributed by atoms with van der Waals surface area (Å²) in [4.78, 5) is 24.6. The Morgan fingerprint density at radius 2 is 1.97 bits per heavy atom. The van der Waals surface area contributed by atoms with Gasteiger partial charge in [0.25, 0.3) is 0 Å². The van der Waals surface area contributed by atoms with Crippen LogP contribution in [-0.2, 0) is 20.2 Å². The molecule has 0 radical (unpaired) electrons. The number of rotatable bonds is 8. The average Bonchev–Trinajstić information content (AvgIpc) is 3.25. The molecule has 14 heteroatoms. The summed E-state index contributed by atoms with van der Waals surface area (Å²) in [6.07, 6.45) is 1.82. The zero-order chi connectivity index (χ0) is 27.5. The number of carbonyl (C=O) groups excluding carboxylic acids is 1. The first-order valence-corrected chi connectivity index (χ1v) is 13.3. The van der Waals surface area contributed by atoms with Crippen LogP contribution >= 0.6 is 11.6 Å². The predicted octanol–water partition coefficient (Wildman–Crippen LogP) is 4.42. The lowest BCUT2D eigenvalue weighted by atomic mass is 9.97. The molecule has 2 heterocycles. The van der Waals surface area contributed by atoms with Crippen molar-refractivity contribution in [2.75, 3.05) is 29.9 Å². The van der Waals surface area contributed by atoms with E-state index >= 15 is 4.39 Å². The monoisotopic (exact) mass is 554 g/mol. The molecule has 0 saturated heterocycles. The third kappa shape index (κ3) is 7.29. The van der Waals surface area contributed by atoms with Crippen molar-refractivity contribution >= 4 is 39.4 Å². The van der Waals surface area contributed by atoms with Crippen LogP contribution in [0.15, 0.2) is 28.8 Å². The molecule has 0 fully saturated rings. The second kappa shape index (κ2) is 10.9. The molecular formula is C23H28ClFN6O5S. The van der Waals surface area contributed by atoms with Crippen molar-refractivity contribution in [1.82, 2.24) is 20.3 Å². The van der Waals surface area contributed by atoms with E-state index in [0.717, 1.165) is 6.26 Å². The van der Waals surface area contributed by atoms with Crippen molar-refractivity contribution < 1.29 is 26.8 Å². The van der Waals surface area contributed by atoms with E-state index in [1.54, 1.807) is 13.0 Å². The molecule has 11 nitrogen and oxygen atoms in total. The molecule has 2 aromatic heterocycles. The van der Waals surface area contributed by atoms with Gasteiger partial charge >= 0.3 is 6.09 Å². The second-order valence-corrected chi connectivity index (χ2v) is 11.5. The van der Waals surface area contributed by atoms with Crippen molar-refractivity contribution in [3.8, 4) is 22.7 Å². The van der Waals surface area contributed by atoms with Crippen LogP contribution in [0.25, 0.3) is 22.7 Å². The predicted molar refractivity (Wildman–Crippen MR) is 139 cm³/mol. The number of amides is 1. The molecule has 0 aliphatic rings. The van der Waals surface area contributed by atoms with Crippen LogP contribution in [-0.4, -0.2) is 55.4 Å². The number of aromatic nitrogens is 3. The van der Waals surface area contributed by atoms with Crippen molar-refractivity contribution in [2.24, 2.45) is 0 Å². The second-order valence-electron chi connectivity index (χ2n) is 9.32. The highest BCUT2D eigenvalue weighted by Gasteiger charge is 2.28. The van der Waals surface area contributed by atoms with Crippen LogP contribution < -0.4 is 15.4 Å². The molecule has 0 bridgehead atoms. The van der Waals surface area contributed by atoms with E-state index in [0.29, 0.717) is 18.1 Å². The SMILES string of the molecule is COC(=O)NC(C)CNc1nccc(-c2oc(C(C)(C)C)nc2-c2cc(Cl)cc(NS(C)(=O)=O)c2F)n1. The van der Waals surface area contributed by atoms with E-state index < -0.39 is 27.3 Å². The van der Waals surface area contributed by atoms with Crippen molar-refractivity contribution in [2.45, 2.75) is 39.2 Å². The lowest BCUT2D eigenvalue weighted by Gasteiger charge is -2.14. The summed E-state index contributed by atoms with van der Waals surface area (Å²) in [7, 11) is -2.51. The first kappa shape index (κ1) is 28.1. The summed E-state index contributed by atoms with van der Waals surface area (Å²) in [5, 5.41) is 5.72. The molecule has 0 saturated carbocycles. The van der Waals surface area contributed by atoms with Gasteiger partial charge in [0, 0.05) is 34.8 Å². The molecule has 3 N–H and O–H groups in total. The summed E-state index contributed by atoms with van der Waals surface area (Å²) in [6.45, 7) is 7.68. The van der Waals surface area contributed by atoms with Gasteiger partial charge in [-0.3, -0.25) is 4.72 Å². The molecular weight excluding hydrogens is 527 g/mol. The van der Waals surface area contributed by atoms with E-state index in [4.69, 9.17) is 16.0 Å². The normalized spacial score (nSPS) is 12.6. The fraction of sp³-hybridized carbons (Fsp3) is 0.391. The molecule has 200 valence electrons. The molecule has 37 heavy (non-hydrogen) atoms. The average molecular weight is 555 g/mol. The highest BCUT2D eigenvalue weighted by molar-refractivity contribution is 7.92. The number of nitrogens with one attached hydrogen (secondary N) is 3. The quantitative estimate of drug-likeness (QED) is 0.368. The molecule has 1 aromatic carbocycles. The summed E-state index contributed by atoms with van der Waals surface area (Å²) >= 11 is 6.20. The third-order valence-electron chi connectivity index (χ3n) is 4.86. The number of ether oxygens (including phenoxy) is 1. The zero-order valence-corrected chi connectivity index (χ0v) is 22.7. The minimum atomic E-state index is -3.78. The molecule has 0 aliphatic heterocycles. The number of halogens is 2. The van der Waals surface area contributed by atoms with Gasteiger partial charge in [-0.05, 0) is 25.1 Å². The van der Waals surface area contributed by atoms with Gasteiger partial charge in [0.05, 0.1) is 19.1 Å². The molecule has 1 unspecified atom stereocenters. The topological polar surface area (TPSA) is 148 Å². The van der Waals surface area contributed by atoms with E-state index in [1.165, 1.54) is 25.4 Å². The third-order valence-corrected chi connectivity index (χ3v) is 5.67. The van der Waals surface area contributed by atoms with E-state index in [1.807, 2.05) is 20.8 Å². The first-order valence-electron chi connectivity index (χ1n) is 11.1. The zero-order valence-electron chi connectivity index (χ0n) is 21.1. The Bertz CT molecular complexity index is 1410. The van der Waals surface area contributed by atoms with E-state index in [2.05, 4.69) is 35.0 Å². The Kier molecular flexibility index (Phi) is 8.28. The van der Waals surface area contributed by atoms with E-state index in [9.17, 15) is 13.2 Å². The lowest BCUT2D eigenvalue weighted by Crippen LogP contribution is -2.37. The standard InChI is InChI=1S/C23H28ClFN6O5S/c1-12(28-22(32)35-5)11-27-21-26-8-7-15(29-21)19-18(30-20(36-19)23(2,3)4)14-9-13(24)10-16(17(14)25)31-37(6,33)34/h7-10,12,31H,11H2,1-6H3,(H,28,32)(H,26,27,29). The Labute approximate surface area is 219 Å². The van der Waals surface area contributed by atoms with Crippen LogP contribution in [0.1, 0.15) is 33.6 Å². The van der Waals surface area contributed by atoms with Gasteiger partial charge in [-0.15, -0.1) is 0 Å². The maximum absolute atomic E-state index is 15.5. The smallest absolute Gasteiger partial charge is 0.407 e. The van der Waals surface area contributed by atoms with Crippen molar-refractivity contribution in [3.63, 3.8) is 0 Å². The van der Waals surface area contributed by atoms with Crippen LogP contribution in [0.4, 0.5) is 20.8 Å². The maximum atomic E-state index is 15.5. The van der Waals surface area contributed by atoms with Crippen LogP contribution in [0.5, 0.6) is 0 Å². The van der Waals surface area contributed by atoms with Gasteiger partial charge < -0.3 is 19.8 Å². The fourth-order valence-corrected chi connectivity index (χ4v) is 3.92. The Hall–Kier alpha value is -3.45. The minimum Gasteiger partial charge on any atom is -0.453 e. The van der Waals surface area contributed by atoms with Crippen molar-refractivity contribution in [3.05, 3.63) is 41.1 Å². The fourth-order valence-electron chi connectivity index (χ4n) is 3.16. The number of methoxy groups -OCH3 is 1. The highest BCUT2D eigenvalue weighted by Crippen LogP contribution is 2.39. The Balaban J connectivity index is 2.07. The van der Waals surface area contributed by atoms with Crippen molar-refractivity contribution in [1.29, 1.82) is 0 Å². The number of alkyl carbamates (subject to hydrolysis) is 1. The summed E-state index contributed by atoms with van der Waals surface area (Å²) in [5.74, 6) is -0.206. The number of hydrogen-bond donors (Lipinski definition) is 3. The van der Waals surface area contributed by atoms with E-state index in [-0.39, 0.29) is 39.7 Å². The van der Waals surface area contributed by atoms with Gasteiger partial charge in [0.1, 0.15) is 11.4 Å². The number of nitrogens with zero attached hydrogens (tertiary/aromatic N) is 3. The molecule has 3 rings (SSSR count). The lowest BCUT2D eigenvalue weighted by molar-refractivity contribution is 0.168. The molecule has 1 atom stereocenters. The number of sulfonamides is 1. The summed E-state index contributed by atoms with van der Waals surface area (Å²) in [6, 6.07) is 3.77. The number of carbonyl (C=O) groups is 1. The van der Waals surface area contributed by atoms with Crippen LogP contribution in [0.2, 0.25) is 5.02 Å². The van der Waals surface area contributed by atoms with Gasteiger partial charge in [-0.25, -0.2) is 32.6 Å². The van der Waals surface area contributed by atoms with Gasteiger partial charge in [-0.2, -0.15) is 0 Å². The van der Waals surface area contributed by atoms with Gasteiger partial charge in [0.15, 0.2) is 11.6 Å². The molecule has 0 aliphatic carbocycles. The van der Waals surface area contributed by atoms with Gasteiger partial charge in [0.2, 0.25) is 21.9 Å². The maximum Gasteiger partial charge on any atom is 0.407 e. The summed E-state index contributed by atoms with van der Waals surface area (Å²) < 4.78 is 51.8. The molecule has 1 amide bonds.